The van der Waals surface area contributed by atoms with E-state index in [0.717, 1.165) is 25.4 Å². The normalized spacial score (nSPS) is 18.5. The fourth-order valence-corrected chi connectivity index (χ4v) is 6.94. The lowest BCUT2D eigenvalue weighted by Crippen LogP contribution is -2.41. The molecule has 288 valence electrons. The van der Waals surface area contributed by atoms with Gasteiger partial charge >= 0.3 is 5.25 Å². The molecule has 2 aliphatic carbocycles. The maximum absolute atomic E-state index is 13.8. The number of halogens is 3. The molecule has 1 N–H and O–H groups in total. The average Bonchev–Trinajstić information content (AvgIpc) is 3.10. The molecule has 1 heterocycles. The van der Waals surface area contributed by atoms with Crippen LogP contribution in [0.25, 0.3) is 0 Å². The molecule has 3 aromatic carbocycles. The molecule has 0 aromatic heterocycles. The van der Waals surface area contributed by atoms with E-state index in [0.29, 0.717) is 17.7 Å². The highest BCUT2D eigenvalue weighted by atomic mass is 32.2. The largest absolute Gasteiger partial charge is 0.513 e. The summed E-state index contributed by atoms with van der Waals surface area (Å²) < 4.78 is 42.7. The zero-order chi connectivity index (χ0) is 38.5. The Kier molecular flexibility index (Phi) is 28.8. The lowest BCUT2D eigenvalue weighted by molar-refractivity contribution is 0.0158. The van der Waals surface area contributed by atoms with Crippen molar-refractivity contribution in [2.45, 2.75) is 123 Å². The fraction of sp³-hybridized carbons (Fsp3) is 0.545. The third-order valence-corrected chi connectivity index (χ3v) is 10.4. The van der Waals surface area contributed by atoms with Gasteiger partial charge in [-0.1, -0.05) is 197 Å². The Balaban J connectivity index is 0.000000662. The number of hydrogen-bond acceptors (Lipinski definition) is 4. The van der Waals surface area contributed by atoms with E-state index in [1.807, 2.05) is 68.4 Å². The van der Waals surface area contributed by atoms with Crippen LogP contribution in [0.1, 0.15) is 102 Å². The smallest absolute Gasteiger partial charge is 0.325 e. The van der Waals surface area contributed by atoms with Crippen molar-refractivity contribution in [2.24, 2.45) is 11.8 Å². The van der Waals surface area contributed by atoms with E-state index in [2.05, 4.69) is 68.1 Å². The lowest BCUT2D eigenvalue weighted by atomic mass is 9.76. The molecule has 2 saturated carbocycles. The summed E-state index contributed by atoms with van der Waals surface area (Å²) in [7, 11) is 0. The lowest BCUT2D eigenvalue weighted by Gasteiger charge is -2.41. The molecule has 0 amide bonds. The molecule has 6 rings (SSSR count). The van der Waals surface area contributed by atoms with Gasteiger partial charge in [-0.3, -0.25) is 0 Å². The Morgan fingerprint density at radius 1 is 0.725 bits per heavy atom. The quantitative estimate of drug-likeness (QED) is 0.207. The number of allylic oxidation sites excluding steroid dienone is 1. The van der Waals surface area contributed by atoms with E-state index in [4.69, 9.17) is 5.11 Å². The fourth-order valence-electron chi connectivity index (χ4n) is 5.19. The van der Waals surface area contributed by atoms with Crippen molar-refractivity contribution >= 4 is 23.7 Å². The van der Waals surface area contributed by atoms with Crippen LogP contribution in [0.5, 0.6) is 0 Å². The van der Waals surface area contributed by atoms with Crippen LogP contribution >= 0.6 is 23.7 Å². The predicted molar refractivity (Wildman–Crippen MR) is 223 cm³/mol. The Labute approximate surface area is 319 Å². The number of piperidine rings is 1. The summed E-state index contributed by atoms with van der Waals surface area (Å²) in [4.78, 5) is 0. The monoisotopic (exact) mass is 747 g/mol. The molecule has 1 aliphatic heterocycles. The minimum Gasteiger partial charge on any atom is -0.513 e. The Hall–Kier alpha value is -2.35. The molecule has 3 aromatic rings. The molecule has 4 atom stereocenters. The maximum Gasteiger partial charge on any atom is 0.325 e. The van der Waals surface area contributed by atoms with E-state index in [9.17, 15) is 13.2 Å². The van der Waals surface area contributed by atoms with Gasteiger partial charge in [0.1, 0.15) is 0 Å². The maximum atomic E-state index is 13.8. The summed E-state index contributed by atoms with van der Waals surface area (Å²) in [5.74, 6) is 1.67. The summed E-state index contributed by atoms with van der Waals surface area (Å²) >= 11 is 1.60. The number of benzene rings is 3. The van der Waals surface area contributed by atoms with E-state index >= 15 is 0 Å². The highest BCUT2D eigenvalue weighted by Crippen LogP contribution is 2.42. The van der Waals surface area contributed by atoms with Gasteiger partial charge in [0, 0.05) is 13.1 Å². The zero-order valence-electron chi connectivity index (χ0n) is 32.8. The number of fused-ring (bicyclic) bond motifs is 1. The van der Waals surface area contributed by atoms with Gasteiger partial charge in [0.15, 0.2) is 6.17 Å². The van der Waals surface area contributed by atoms with Gasteiger partial charge in [-0.2, -0.15) is 8.78 Å². The van der Waals surface area contributed by atoms with Crippen LogP contribution in [0, 0.1) is 32.6 Å². The highest BCUT2D eigenvalue weighted by molar-refractivity contribution is 8.00. The molecule has 4 unspecified atom stereocenters. The van der Waals surface area contributed by atoms with Gasteiger partial charge < -0.3 is 5.11 Å². The second-order valence-electron chi connectivity index (χ2n) is 13.1. The second kappa shape index (κ2) is 30.1. The topological polar surface area (TPSA) is 23.5 Å². The van der Waals surface area contributed by atoms with E-state index in [-0.39, 0.29) is 5.76 Å². The number of aryl methyl sites for hydroxylation is 3. The van der Waals surface area contributed by atoms with Gasteiger partial charge in [0.25, 0.3) is 0 Å². The van der Waals surface area contributed by atoms with Crippen LogP contribution in [-0.4, -0.2) is 45.4 Å². The molecule has 0 bridgehead atoms. The molecule has 0 radical (unpaired) electrons. The van der Waals surface area contributed by atoms with Crippen LogP contribution in [0.2, 0.25) is 0 Å². The van der Waals surface area contributed by atoms with Crippen LogP contribution in [-0.2, 0) is 0 Å². The van der Waals surface area contributed by atoms with Crippen LogP contribution in [0.4, 0.5) is 13.2 Å². The molecule has 3 fully saturated rings. The molecular weight excluding hydrogens is 680 g/mol. The first-order chi connectivity index (χ1) is 24.4. The summed E-state index contributed by atoms with van der Waals surface area (Å²) in [6, 6.07) is 30.8. The molecule has 7 heteroatoms. The van der Waals surface area contributed by atoms with Gasteiger partial charge in [-0.25, -0.2) is 8.70 Å². The van der Waals surface area contributed by atoms with Crippen molar-refractivity contribution in [1.29, 1.82) is 0 Å². The third-order valence-electron chi connectivity index (χ3n) is 8.40. The van der Waals surface area contributed by atoms with E-state index in [1.54, 1.807) is 6.92 Å². The van der Waals surface area contributed by atoms with Crippen molar-refractivity contribution < 1.29 is 18.3 Å². The Morgan fingerprint density at radius 2 is 1.08 bits per heavy atom. The van der Waals surface area contributed by atoms with Crippen molar-refractivity contribution in [1.82, 2.24) is 4.31 Å². The SMILES string of the molecule is C1CCC1.C=C(C)O.CC.CSC(F)(F)C(F)C(C)SN1CCC2CCCCC2C1.Cc1ccccc1.Cc1ccccc1.Cc1ccccc1. The molecular formula is C44H68F3NOS2. The van der Waals surface area contributed by atoms with Gasteiger partial charge in [-0.05, 0) is 65.6 Å². The number of alkyl halides is 3. The second-order valence-corrected chi connectivity index (χ2v) is 15.5. The number of rotatable bonds is 5. The van der Waals surface area contributed by atoms with Gasteiger partial charge in [-0.15, -0.1) is 0 Å². The van der Waals surface area contributed by atoms with Crippen molar-refractivity contribution in [3.05, 3.63) is 120 Å². The van der Waals surface area contributed by atoms with Crippen LogP contribution in [0.15, 0.2) is 103 Å². The van der Waals surface area contributed by atoms with Crippen molar-refractivity contribution in [3.63, 3.8) is 0 Å². The van der Waals surface area contributed by atoms with Crippen molar-refractivity contribution in [3.8, 4) is 0 Å². The summed E-state index contributed by atoms with van der Waals surface area (Å²) in [6.45, 7) is 18.3. The number of aliphatic hydroxyl groups excluding tert-OH is 1. The zero-order valence-corrected chi connectivity index (χ0v) is 34.4. The van der Waals surface area contributed by atoms with Crippen molar-refractivity contribution in [2.75, 3.05) is 19.3 Å². The summed E-state index contributed by atoms with van der Waals surface area (Å²) in [6.07, 6.45) is 11.5. The molecule has 1 saturated heterocycles. The van der Waals surface area contributed by atoms with Crippen LogP contribution in [0.3, 0.4) is 0 Å². The van der Waals surface area contributed by atoms with Crippen LogP contribution < -0.4 is 0 Å². The molecule has 2 nitrogen and oxygen atoms in total. The molecule has 3 aliphatic rings. The molecule has 51 heavy (non-hydrogen) atoms. The van der Waals surface area contributed by atoms with E-state index in [1.165, 1.54) is 93.2 Å². The minimum absolute atomic E-state index is 0.167. The number of nitrogens with zero attached hydrogens (tertiary/aromatic N) is 1. The molecule has 0 spiro atoms. The first-order valence-corrected chi connectivity index (χ1v) is 20.8. The number of hydrogen-bond donors (Lipinski definition) is 1. The predicted octanol–water partition coefficient (Wildman–Crippen LogP) is 14.5. The first-order valence-electron chi connectivity index (χ1n) is 18.7. The third kappa shape index (κ3) is 25.3. The van der Waals surface area contributed by atoms with Gasteiger partial charge in [0.05, 0.1) is 11.0 Å². The Bertz CT molecular complexity index is 1120. The van der Waals surface area contributed by atoms with E-state index < -0.39 is 16.7 Å². The summed E-state index contributed by atoms with van der Waals surface area (Å²) in [5, 5.41) is 3.88. The number of thioether (sulfide) groups is 1. The highest BCUT2D eigenvalue weighted by Gasteiger charge is 2.44. The average molecular weight is 748 g/mol. The summed E-state index contributed by atoms with van der Waals surface area (Å²) in [5.41, 5.74) is 3.97. The van der Waals surface area contributed by atoms with Gasteiger partial charge in [0.2, 0.25) is 0 Å². The standard InChI is InChI=1S/C14H24F3NS2.3C7H8.C4H8.C3H6O.C2H6/c1-10(13(15)14(16,17)19-2)20-18-8-7-11-5-3-4-6-12(11)9-18;3*1-7-5-3-2-4-6-7;1-2-4-3-1;1-3(2)4;1-2/h10-13H,3-9H2,1-2H3;3*2-6H,1H3;1-4H2;4H,1H2,2H3;1-2H3. The number of aliphatic hydroxyl groups is 1. The minimum atomic E-state index is -3.28. The Morgan fingerprint density at radius 3 is 1.37 bits per heavy atom. The first kappa shape index (κ1) is 48.6.